The molecule has 0 bridgehead atoms. The second kappa shape index (κ2) is 9.46. The number of hydrogen-bond acceptors (Lipinski definition) is 7. The van der Waals surface area contributed by atoms with E-state index >= 15 is 0 Å². The van der Waals surface area contributed by atoms with Gasteiger partial charge in [-0.3, -0.25) is 4.79 Å². The van der Waals surface area contributed by atoms with Crippen LogP contribution < -0.4 is 15.4 Å². The van der Waals surface area contributed by atoms with Gasteiger partial charge in [-0.15, -0.1) is 0 Å². The highest BCUT2D eigenvalue weighted by Crippen LogP contribution is 2.34. The molecule has 0 unspecified atom stereocenters. The quantitative estimate of drug-likeness (QED) is 0.473. The van der Waals surface area contributed by atoms with E-state index in [-0.39, 0.29) is 0 Å². The molecule has 1 saturated heterocycles. The monoisotopic (exact) mass is 442 g/mol. The average Bonchev–Trinajstić information content (AvgIpc) is 2.79. The number of aliphatic hydroxyl groups excluding tert-OH is 3. The van der Waals surface area contributed by atoms with Crippen molar-refractivity contribution in [3.63, 3.8) is 0 Å². The number of rotatable bonds is 5. The maximum absolute atomic E-state index is 11.5. The summed E-state index contributed by atoms with van der Waals surface area (Å²) >= 11 is 0. The molecule has 0 radical (unpaired) electrons. The van der Waals surface area contributed by atoms with Gasteiger partial charge in [-0.2, -0.15) is 0 Å². The fourth-order valence-corrected chi connectivity index (χ4v) is 4.32. The van der Waals surface area contributed by atoms with E-state index in [1.165, 1.54) is 12.5 Å². The van der Waals surface area contributed by atoms with Crippen molar-refractivity contribution in [3.8, 4) is 5.75 Å². The molecule has 2 aliphatic heterocycles. The Morgan fingerprint density at radius 3 is 2.66 bits per heavy atom. The van der Waals surface area contributed by atoms with Crippen LogP contribution in [0.5, 0.6) is 5.75 Å². The predicted octanol–water partition coefficient (Wildman–Crippen LogP) is 1.26. The van der Waals surface area contributed by atoms with Crippen LogP contribution in [0.1, 0.15) is 42.2 Å². The molecule has 1 fully saturated rings. The van der Waals surface area contributed by atoms with Crippen LogP contribution in [-0.2, 0) is 22.4 Å². The summed E-state index contributed by atoms with van der Waals surface area (Å²) in [6.45, 7) is 4.81. The van der Waals surface area contributed by atoms with E-state index in [4.69, 9.17) is 9.47 Å². The lowest BCUT2D eigenvalue weighted by atomic mass is 9.89. The Morgan fingerprint density at radius 2 is 1.91 bits per heavy atom. The van der Waals surface area contributed by atoms with E-state index in [2.05, 4.69) is 23.6 Å². The Morgan fingerprint density at radius 1 is 1.09 bits per heavy atom. The molecule has 172 valence electrons. The van der Waals surface area contributed by atoms with E-state index in [0.717, 1.165) is 35.5 Å². The van der Waals surface area contributed by atoms with E-state index < -0.39 is 36.6 Å². The molecule has 8 nitrogen and oxygen atoms in total. The molecule has 0 aliphatic carbocycles. The van der Waals surface area contributed by atoms with Crippen LogP contribution in [-0.4, -0.2) is 58.9 Å². The Balaban J connectivity index is 1.62. The van der Waals surface area contributed by atoms with E-state index in [1.54, 1.807) is 0 Å². The molecule has 5 N–H and O–H groups in total. The van der Waals surface area contributed by atoms with Gasteiger partial charge in [0.15, 0.2) is 6.23 Å². The van der Waals surface area contributed by atoms with Gasteiger partial charge in [0, 0.05) is 13.5 Å². The lowest BCUT2D eigenvalue weighted by Crippen LogP contribution is -2.59. The van der Waals surface area contributed by atoms with Crippen LogP contribution >= 0.6 is 0 Å². The highest BCUT2D eigenvalue weighted by Gasteiger charge is 2.44. The number of nitrogens with one attached hydrogen (secondary N) is 2. The van der Waals surface area contributed by atoms with Gasteiger partial charge in [0.05, 0.1) is 5.69 Å². The van der Waals surface area contributed by atoms with Gasteiger partial charge in [0.2, 0.25) is 5.91 Å². The zero-order valence-corrected chi connectivity index (χ0v) is 18.2. The number of aliphatic hydroxyl groups is 3. The van der Waals surface area contributed by atoms with Crippen LogP contribution in [0.15, 0.2) is 36.4 Å². The fraction of sp³-hybridized carbons (Fsp3) is 0.458. The molecular weight excluding hydrogens is 412 g/mol. The van der Waals surface area contributed by atoms with Gasteiger partial charge >= 0.3 is 0 Å². The summed E-state index contributed by atoms with van der Waals surface area (Å²) in [4.78, 5) is 11.5. The average molecular weight is 443 g/mol. The lowest BCUT2D eigenvalue weighted by Gasteiger charge is -2.41. The normalized spacial score (nSPS) is 27.1. The molecule has 8 heteroatoms. The van der Waals surface area contributed by atoms with Crippen LogP contribution in [0, 0.1) is 0 Å². The summed E-state index contributed by atoms with van der Waals surface area (Å²) < 4.78 is 11.5. The maximum atomic E-state index is 11.5. The molecule has 32 heavy (non-hydrogen) atoms. The largest absolute Gasteiger partial charge is 0.490 e. The molecular formula is C24H30N2O6. The molecule has 5 atom stereocenters. The topological polar surface area (TPSA) is 120 Å². The minimum atomic E-state index is -1.45. The number of ether oxygens (including phenoxy) is 2. The van der Waals surface area contributed by atoms with Crippen LogP contribution in [0.4, 0.5) is 5.69 Å². The van der Waals surface area contributed by atoms with Crippen molar-refractivity contribution in [1.82, 2.24) is 5.32 Å². The molecule has 0 spiro atoms. The summed E-state index contributed by atoms with van der Waals surface area (Å²) in [7, 11) is 0. The summed E-state index contributed by atoms with van der Waals surface area (Å²) in [6.07, 6.45) is -4.71. The molecule has 2 aromatic rings. The predicted molar refractivity (Wildman–Crippen MR) is 119 cm³/mol. The second-order valence-electron chi connectivity index (χ2n) is 8.31. The standard InChI is InChI=1S/C24H30N2O6/c1-3-15-5-6-16(23-21(29)20(28)22(30)24(32-23)26-13(2)27)12-17(15)10-14-4-7-19-18(11-14)25-8-9-31-19/h4-7,11-12,20-25,28-30H,3,8-10H2,1-2H3,(H,26,27)/t20-,21-,22+,23+,24+/m1/s1. The van der Waals surface area contributed by atoms with Gasteiger partial charge < -0.3 is 35.4 Å². The molecule has 0 aromatic heterocycles. The number of anilines is 1. The zero-order valence-electron chi connectivity index (χ0n) is 18.2. The highest BCUT2D eigenvalue weighted by atomic mass is 16.5. The molecule has 4 rings (SSSR count). The van der Waals surface area contributed by atoms with Crippen molar-refractivity contribution in [1.29, 1.82) is 0 Å². The number of carbonyl (C=O) groups is 1. The zero-order chi connectivity index (χ0) is 22.8. The number of fused-ring (bicyclic) bond motifs is 1. The third kappa shape index (κ3) is 4.59. The fourth-order valence-electron chi connectivity index (χ4n) is 4.32. The van der Waals surface area contributed by atoms with Crippen LogP contribution in [0.3, 0.4) is 0 Å². The Labute approximate surface area is 187 Å². The first-order valence-corrected chi connectivity index (χ1v) is 11.0. The van der Waals surface area contributed by atoms with Gasteiger partial charge in [0.1, 0.15) is 36.8 Å². The minimum absolute atomic E-state index is 0.400. The first kappa shape index (κ1) is 22.5. The van der Waals surface area contributed by atoms with Crippen molar-refractivity contribution < 1.29 is 29.6 Å². The number of amides is 1. The number of carbonyl (C=O) groups excluding carboxylic acids is 1. The van der Waals surface area contributed by atoms with E-state index in [9.17, 15) is 20.1 Å². The first-order valence-electron chi connectivity index (χ1n) is 11.0. The number of hydrogen-bond donors (Lipinski definition) is 5. The van der Waals surface area contributed by atoms with Crippen molar-refractivity contribution in [2.45, 2.75) is 57.3 Å². The Kier molecular flexibility index (Phi) is 6.66. The summed E-state index contributed by atoms with van der Waals surface area (Å²) in [5, 5.41) is 36.9. The van der Waals surface area contributed by atoms with E-state index in [1.807, 2.05) is 30.3 Å². The highest BCUT2D eigenvalue weighted by molar-refractivity contribution is 5.73. The van der Waals surface area contributed by atoms with Crippen LogP contribution in [0.2, 0.25) is 0 Å². The Bertz CT molecular complexity index is 981. The SMILES string of the molecule is CCc1ccc([C@@H]2O[C@H](NC(C)=O)[C@@H](O)[C@H](O)[C@H]2O)cc1Cc1ccc2c(c1)NCCO2. The number of benzene rings is 2. The van der Waals surface area contributed by atoms with Crippen molar-refractivity contribution in [2.75, 3.05) is 18.5 Å². The third-order valence-corrected chi connectivity index (χ3v) is 6.01. The van der Waals surface area contributed by atoms with Crippen molar-refractivity contribution in [3.05, 3.63) is 58.7 Å². The third-order valence-electron chi connectivity index (χ3n) is 6.01. The van der Waals surface area contributed by atoms with Gasteiger partial charge in [0.25, 0.3) is 0 Å². The van der Waals surface area contributed by atoms with Crippen LogP contribution in [0.25, 0.3) is 0 Å². The minimum Gasteiger partial charge on any atom is -0.490 e. The van der Waals surface area contributed by atoms with Gasteiger partial charge in [-0.05, 0) is 47.2 Å². The number of aryl methyl sites for hydroxylation is 1. The van der Waals surface area contributed by atoms with Gasteiger partial charge in [-0.25, -0.2) is 0 Å². The molecule has 0 saturated carbocycles. The molecule has 2 aliphatic rings. The summed E-state index contributed by atoms with van der Waals surface area (Å²) in [5.41, 5.74) is 5.01. The lowest BCUT2D eigenvalue weighted by molar-refractivity contribution is -0.231. The molecule has 1 amide bonds. The summed E-state index contributed by atoms with van der Waals surface area (Å²) in [6, 6.07) is 11.9. The summed E-state index contributed by atoms with van der Waals surface area (Å²) in [5.74, 6) is 0.447. The van der Waals surface area contributed by atoms with E-state index in [0.29, 0.717) is 18.6 Å². The molecule has 2 heterocycles. The first-order chi connectivity index (χ1) is 15.4. The molecule has 2 aromatic carbocycles. The maximum Gasteiger partial charge on any atom is 0.218 e. The smallest absolute Gasteiger partial charge is 0.218 e. The second-order valence-corrected chi connectivity index (χ2v) is 8.31. The Hall–Kier alpha value is -2.65. The van der Waals surface area contributed by atoms with Crippen molar-refractivity contribution in [2.24, 2.45) is 0 Å². The van der Waals surface area contributed by atoms with Crippen molar-refractivity contribution >= 4 is 11.6 Å². The van der Waals surface area contributed by atoms with Gasteiger partial charge in [-0.1, -0.05) is 31.2 Å².